The van der Waals surface area contributed by atoms with Crippen LogP contribution in [0.25, 0.3) is 0 Å². The van der Waals surface area contributed by atoms with Crippen molar-refractivity contribution in [3.8, 4) is 0 Å². The number of hydrogen-bond donors (Lipinski definition) is 0. The fourth-order valence-electron chi connectivity index (χ4n) is 1.77. The molecule has 14 heavy (non-hydrogen) atoms. The van der Waals surface area contributed by atoms with Crippen molar-refractivity contribution in [1.29, 1.82) is 0 Å². The van der Waals surface area contributed by atoms with Gasteiger partial charge in [0, 0.05) is 6.61 Å². The van der Waals surface area contributed by atoms with Gasteiger partial charge in [-0.2, -0.15) is 0 Å². The third-order valence-electron chi connectivity index (χ3n) is 2.59. The number of ether oxygens (including phenoxy) is 1. The van der Waals surface area contributed by atoms with Gasteiger partial charge in [-0.1, -0.05) is 25.1 Å². The first-order valence-electron chi connectivity index (χ1n) is 5.44. The number of hydrogen-bond acceptors (Lipinski definition) is 1. The van der Waals surface area contributed by atoms with Crippen LogP contribution in [0, 0.1) is 6.92 Å². The van der Waals surface area contributed by atoms with Gasteiger partial charge < -0.3 is 4.74 Å². The summed E-state index contributed by atoms with van der Waals surface area (Å²) in [5.74, 6) is 0. The van der Waals surface area contributed by atoms with Crippen molar-refractivity contribution in [2.24, 2.45) is 0 Å². The van der Waals surface area contributed by atoms with E-state index in [9.17, 15) is 0 Å². The van der Waals surface area contributed by atoms with Crippen LogP contribution < -0.4 is 0 Å². The molecule has 1 rings (SSSR count). The second-order valence-corrected chi connectivity index (χ2v) is 3.51. The molecule has 0 aliphatic rings. The van der Waals surface area contributed by atoms with Crippen LogP contribution in [0.15, 0.2) is 18.2 Å². The van der Waals surface area contributed by atoms with Crippen LogP contribution in [-0.2, 0) is 17.6 Å². The predicted molar refractivity (Wildman–Crippen MR) is 60.8 cm³/mol. The van der Waals surface area contributed by atoms with Crippen LogP contribution in [0.4, 0.5) is 0 Å². The van der Waals surface area contributed by atoms with Crippen molar-refractivity contribution >= 4 is 0 Å². The zero-order valence-electron chi connectivity index (χ0n) is 9.47. The van der Waals surface area contributed by atoms with Gasteiger partial charge in [-0.05, 0) is 43.4 Å². The van der Waals surface area contributed by atoms with Gasteiger partial charge in [0.2, 0.25) is 0 Å². The molecule has 0 aromatic heterocycles. The smallest absolute Gasteiger partial charge is 0.0506 e. The fraction of sp³-hybridized carbons (Fsp3) is 0.538. The molecule has 78 valence electrons. The molecular formula is C13H20O. The maximum Gasteiger partial charge on any atom is 0.0506 e. The van der Waals surface area contributed by atoms with Gasteiger partial charge in [0.05, 0.1) is 6.61 Å². The summed E-state index contributed by atoms with van der Waals surface area (Å²) in [6.45, 7) is 8.08. The molecule has 0 N–H and O–H groups in total. The summed E-state index contributed by atoms with van der Waals surface area (Å²) in [4.78, 5) is 0. The lowest BCUT2D eigenvalue weighted by atomic mass is 9.98. The summed E-state index contributed by atoms with van der Waals surface area (Å²) >= 11 is 0. The van der Waals surface area contributed by atoms with Crippen LogP contribution >= 0.6 is 0 Å². The van der Waals surface area contributed by atoms with Crippen molar-refractivity contribution in [3.05, 3.63) is 34.9 Å². The standard InChI is InChI=1S/C13H20O/c1-4-12-8-6-7-11(3)13(12)9-10-14-5-2/h6-8H,4-5,9-10H2,1-3H3. The van der Waals surface area contributed by atoms with Gasteiger partial charge in [-0.25, -0.2) is 0 Å². The Morgan fingerprint density at radius 2 is 2.00 bits per heavy atom. The molecular weight excluding hydrogens is 172 g/mol. The maximum absolute atomic E-state index is 5.39. The van der Waals surface area contributed by atoms with Crippen LogP contribution in [0.3, 0.4) is 0 Å². The highest BCUT2D eigenvalue weighted by atomic mass is 16.5. The SMILES string of the molecule is CCOCCc1c(C)cccc1CC. The lowest BCUT2D eigenvalue weighted by Crippen LogP contribution is -2.03. The molecule has 0 atom stereocenters. The minimum atomic E-state index is 0.813. The first-order chi connectivity index (χ1) is 6.79. The van der Waals surface area contributed by atoms with Gasteiger partial charge in [0.1, 0.15) is 0 Å². The summed E-state index contributed by atoms with van der Waals surface area (Å²) in [7, 11) is 0. The highest BCUT2D eigenvalue weighted by molar-refractivity contribution is 5.34. The van der Waals surface area contributed by atoms with E-state index >= 15 is 0 Å². The second kappa shape index (κ2) is 5.82. The highest BCUT2D eigenvalue weighted by Crippen LogP contribution is 2.15. The van der Waals surface area contributed by atoms with Crippen molar-refractivity contribution in [2.75, 3.05) is 13.2 Å². The molecule has 0 spiro atoms. The quantitative estimate of drug-likeness (QED) is 0.651. The Bertz CT molecular complexity index is 279. The molecule has 1 heteroatoms. The van der Waals surface area contributed by atoms with E-state index in [0.717, 1.165) is 26.1 Å². The Morgan fingerprint density at radius 1 is 1.21 bits per heavy atom. The van der Waals surface area contributed by atoms with E-state index in [1.807, 2.05) is 6.92 Å². The van der Waals surface area contributed by atoms with Gasteiger partial charge in [0.25, 0.3) is 0 Å². The topological polar surface area (TPSA) is 9.23 Å². The monoisotopic (exact) mass is 192 g/mol. The minimum Gasteiger partial charge on any atom is -0.381 e. The van der Waals surface area contributed by atoms with Crippen molar-refractivity contribution in [2.45, 2.75) is 33.6 Å². The fourth-order valence-corrected chi connectivity index (χ4v) is 1.77. The predicted octanol–water partition coefficient (Wildman–Crippen LogP) is 3.14. The Hall–Kier alpha value is -0.820. The number of benzene rings is 1. The molecule has 1 aromatic rings. The van der Waals surface area contributed by atoms with Crippen LogP contribution in [0.1, 0.15) is 30.5 Å². The average Bonchev–Trinajstić information content (AvgIpc) is 2.20. The van der Waals surface area contributed by atoms with E-state index in [0.29, 0.717) is 0 Å². The van der Waals surface area contributed by atoms with Crippen molar-refractivity contribution in [1.82, 2.24) is 0 Å². The lowest BCUT2D eigenvalue weighted by molar-refractivity contribution is 0.150. The first-order valence-corrected chi connectivity index (χ1v) is 5.44. The Balaban J connectivity index is 2.72. The molecule has 1 nitrogen and oxygen atoms in total. The number of aryl methyl sites for hydroxylation is 2. The summed E-state index contributed by atoms with van der Waals surface area (Å²) in [6.07, 6.45) is 2.16. The summed E-state index contributed by atoms with van der Waals surface area (Å²) in [5, 5.41) is 0. The molecule has 1 aromatic carbocycles. The molecule has 0 bridgehead atoms. The van der Waals surface area contributed by atoms with E-state index in [2.05, 4.69) is 32.0 Å². The van der Waals surface area contributed by atoms with Gasteiger partial charge in [0.15, 0.2) is 0 Å². The zero-order chi connectivity index (χ0) is 10.4. The largest absolute Gasteiger partial charge is 0.381 e. The normalized spacial score (nSPS) is 10.5. The lowest BCUT2D eigenvalue weighted by Gasteiger charge is -2.11. The zero-order valence-corrected chi connectivity index (χ0v) is 9.47. The molecule has 0 amide bonds. The summed E-state index contributed by atoms with van der Waals surface area (Å²) < 4.78 is 5.39. The number of rotatable bonds is 5. The first kappa shape index (κ1) is 11.3. The summed E-state index contributed by atoms with van der Waals surface area (Å²) in [6, 6.07) is 6.53. The van der Waals surface area contributed by atoms with E-state index in [-0.39, 0.29) is 0 Å². The summed E-state index contributed by atoms with van der Waals surface area (Å²) in [5.41, 5.74) is 4.33. The third kappa shape index (κ3) is 2.85. The van der Waals surface area contributed by atoms with E-state index in [1.54, 1.807) is 0 Å². The molecule has 0 saturated carbocycles. The molecule has 0 heterocycles. The van der Waals surface area contributed by atoms with Crippen molar-refractivity contribution in [3.63, 3.8) is 0 Å². The van der Waals surface area contributed by atoms with E-state index < -0.39 is 0 Å². The molecule has 0 aliphatic carbocycles. The molecule has 0 unspecified atom stereocenters. The maximum atomic E-state index is 5.39. The van der Waals surface area contributed by atoms with Crippen LogP contribution in [-0.4, -0.2) is 13.2 Å². The van der Waals surface area contributed by atoms with Gasteiger partial charge >= 0.3 is 0 Å². The van der Waals surface area contributed by atoms with Crippen molar-refractivity contribution < 1.29 is 4.74 Å². The Kier molecular flexibility index (Phi) is 4.68. The highest BCUT2D eigenvalue weighted by Gasteiger charge is 2.03. The average molecular weight is 192 g/mol. The molecule has 0 aliphatic heterocycles. The van der Waals surface area contributed by atoms with Gasteiger partial charge in [-0.3, -0.25) is 0 Å². The molecule has 0 radical (unpaired) electrons. The van der Waals surface area contributed by atoms with Gasteiger partial charge in [-0.15, -0.1) is 0 Å². The molecule has 0 fully saturated rings. The van der Waals surface area contributed by atoms with E-state index in [4.69, 9.17) is 4.74 Å². The third-order valence-corrected chi connectivity index (χ3v) is 2.59. The van der Waals surface area contributed by atoms with E-state index in [1.165, 1.54) is 16.7 Å². The Labute approximate surface area is 87.1 Å². The van der Waals surface area contributed by atoms with Crippen LogP contribution in [0.5, 0.6) is 0 Å². The minimum absolute atomic E-state index is 0.813. The van der Waals surface area contributed by atoms with Crippen LogP contribution in [0.2, 0.25) is 0 Å². The Morgan fingerprint density at radius 3 is 2.64 bits per heavy atom. The molecule has 0 saturated heterocycles. The second-order valence-electron chi connectivity index (χ2n) is 3.51.